The van der Waals surface area contributed by atoms with Crippen LogP contribution in [-0.2, 0) is 11.3 Å². The number of likely N-dealkylation sites (tertiary alicyclic amines) is 1. The molecular formula is C21H24FN3OS. The Labute approximate surface area is 164 Å². The zero-order chi connectivity index (χ0) is 19.2. The molecule has 0 spiro atoms. The smallest absolute Gasteiger partial charge is 0.225 e. The molecule has 1 aliphatic rings. The molecule has 1 heterocycles. The van der Waals surface area contributed by atoms with Crippen LogP contribution in [-0.4, -0.2) is 35.6 Å². The highest BCUT2D eigenvalue weighted by Crippen LogP contribution is 2.33. The van der Waals surface area contributed by atoms with Gasteiger partial charge >= 0.3 is 0 Å². The quantitative estimate of drug-likeness (QED) is 0.777. The van der Waals surface area contributed by atoms with Gasteiger partial charge in [0, 0.05) is 32.1 Å². The second-order valence-electron chi connectivity index (χ2n) is 6.71. The van der Waals surface area contributed by atoms with E-state index < -0.39 is 0 Å². The Hall–Kier alpha value is -2.47. The Balaban J connectivity index is 1.71. The summed E-state index contributed by atoms with van der Waals surface area (Å²) in [4.78, 5) is 15.0. The summed E-state index contributed by atoms with van der Waals surface area (Å²) in [6.45, 7) is 4.44. The lowest BCUT2D eigenvalue weighted by atomic mass is 9.88. The summed E-state index contributed by atoms with van der Waals surface area (Å²) < 4.78 is 13.0. The number of thiocarbonyl (C=S) groups is 1. The van der Waals surface area contributed by atoms with Crippen molar-refractivity contribution in [1.82, 2.24) is 15.5 Å². The highest BCUT2D eigenvalue weighted by Gasteiger charge is 2.39. The van der Waals surface area contributed by atoms with Crippen LogP contribution in [0.2, 0.25) is 0 Å². The molecule has 2 aromatic carbocycles. The molecule has 142 valence electrons. The molecular weight excluding hydrogens is 361 g/mol. The van der Waals surface area contributed by atoms with Crippen molar-refractivity contribution in [2.24, 2.45) is 5.92 Å². The predicted molar refractivity (Wildman–Crippen MR) is 109 cm³/mol. The molecule has 2 atom stereocenters. The lowest BCUT2D eigenvalue weighted by molar-refractivity contribution is -0.125. The minimum Gasteiger partial charge on any atom is -0.363 e. The highest BCUT2D eigenvalue weighted by atomic mass is 32.1. The SMILES string of the molecule is CCNC(=S)N1CC(C(=O)NCc2ccc(F)cc2)C(c2ccccc2)C1. The van der Waals surface area contributed by atoms with Gasteiger partial charge in [-0.05, 0) is 42.4 Å². The maximum atomic E-state index is 13.0. The third kappa shape index (κ3) is 4.83. The predicted octanol–water partition coefficient (Wildman–Crippen LogP) is 3.05. The van der Waals surface area contributed by atoms with Crippen LogP contribution in [0.25, 0.3) is 0 Å². The van der Waals surface area contributed by atoms with E-state index in [1.807, 2.05) is 25.1 Å². The van der Waals surface area contributed by atoms with Crippen molar-refractivity contribution in [3.05, 3.63) is 71.5 Å². The van der Waals surface area contributed by atoms with Crippen LogP contribution in [0.4, 0.5) is 4.39 Å². The van der Waals surface area contributed by atoms with E-state index in [0.717, 1.165) is 17.7 Å². The first-order valence-electron chi connectivity index (χ1n) is 9.18. The molecule has 1 fully saturated rings. The van der Waals surface area contributed by atoms with E-state index in [1.165, 1.54) is 12.1 Å². The summed E-state index contributed by atoms with van der Waals surface area (Å²) in [5.74, 6) is -0.395. The fraction of sp³-hybridized carbons (Fsp3) is 0.333. The molecule has 1 saturated heterocycles. The first kappa shape index (κ1) is 19.3. The fourth-order valence-electron chi connectivity index (χ4n) is 3.46. The van der Waals surface area contributed by atoms with E-state index in [-0.39, 0.29) is 23.6 Å². The second-order valence-corrected chi connectivity index (χ2v) is 7.10. The van der Waals surface area contributed by atoms with Gasteiger partial charge in [-0.1, -0.05) is 42.5 Å². The fourth-order valence-corrected chi connectivity index (χ4v) is 3.75. The van der Waals surface area contributed by atoms with E-state index in [9.17, 15) is 9.18 Å². The zero-order valence-electron chi connectivity index (χ0n) is 15.3. The summed E-state index contributed by atoms with van der Waals surface area (Å²) in [6.07, 6.45) is 0. The Morgan fingerprint density at radius 1 is 1.11 bits per heavy atom. The summed E-state index contributed by atoms with van der Waals surface area (Å²) in [5.41, 5.74) is 2.01. The molecule has 0 saturated carbocycles. The first-order chi connectivity index (χ1) is 13.1. The molecule has 2 aromatic rings. The van der Waals surface area contributed by atoms with Crippen LogP contribution >= 0.6 is 12.2 Å². The molecule has 1 aliphatic heterocycles. The maximum Gasteiger partial charge on any atom is 0.225 e. The van der Waals surface area contributed by atoms with Crippen LogP contribution in [0.1, 0.15) is 24.0 Å². The van der Waals surface area contributed by atoms with Gasteiger partial charge in [-0.3, -0.25) is 4.79 Å². The van der Waals surface area contributed by atoms with Crippen molar-refractivity contribution >= 4 is 23.2 Å². The maximum absolute atomic E-state index is 13.0. The van der Waals surface area contributed by atoms with Crippen molar-refractivity contribution in [3.8, 4) is 0 Å². The van der Waals surface area contributed by atoms with Crippen LogP contribution < -0.4 is 10.6 Å². The van der Waals surface area contributed by atoms with Gasteiger partial charge in [0.25, 0.3) is 0 Å². The standard InChI is InChI=1S/C21H24FN3OS/c1-2-23-21(27)25-13-18(16-6-4-3-5-7-16)19(14-25)20(26)24-12-15-8-10-17(22)11-9-15/h3-11,18-19H,2,12-14H2,1H3,(H,23,27)(H,24,26). The molecule has 0 bridgehead atoms. The normalized spacial score (nSPS) is 19.0. The molecule has 2 unspecified atom stereocenters. The molecule has 27 heavy (non-hydrogen) atoms. The number of rotatable bonds is 5. The molecule has 6 heteroatoms. The van der Waals surface area contributed by atoms with Gasteiger partial charge in [0.1, 0.15) is 5.82 Å². The largest absolute Gasteiger partial charge is 0.363 e. The number of amides is 1. The number of carbonyl (C=O) groups is 1. The topological polar surface area (TPSA) is 44.4 Å². The zero-order valence-corrected chi connectivity index (χ0v) is 16.1. The van der Waals surface area contributed by atoms with Crippen molar-refractivity contribution in [3.63, 3.8) is 0 Å². The summed E-state index contributed by atoms with van der Waals surface area (Å²) in [6, 6.07) is 16.3. The first-order valence-corrected chi connectivity index (χ1v) is 9.59. The summed E-state index contributed by atoms with van der Waals surface area (Å²) in [7, 11) is 0. The molecule has 2 N–H and O–H groups in total. The van der Waals surface area contributed by atoms with Gasteiger partial charge in [-0.2, -0.15) is 0 Å². The van der Waals surface area contributed by atoms with Crippen molar-refractivity contribution in [1.29, 1.82) is 0 Å². The molecule has 0 aliphatic carbocycles. The molecule has 0 radical (unpaired) electrons. The lowest BCUT2D eigenvalue weighted by Crippen LogP contribution is -2.39. The lowest BCUT2D eigenvalue weighted by Gasteiger charge is -2.19. The van der Waals surface area contributed by atoms with Crippen LogP contribution in [0.15, 0.2) is 54.6 Å². The summed E-state index contributed by atoms with van der Waals surface area (Å²) >= 11 is 5.46. The Bertz CT molecular complexity index is 782. The van der Waals surface area contributed by atoms with E-state index in [4.69, 9.17) is 12.2 Å². The van der Waals surface area contributed by atoms with Crippen molar-refractivity contribution in [2.75, 3.05) is 19.6 Å². The summed E-state index contributed by atoms with van der Waals surface area (Å²) in [5, 5.41) is 6.86. The number of halogens is 1. The van der Waals surface area contributed by atoms with Crippen molar-refractivity contribution in [2.45, 2.75) is 19.4 Å². The van der Waals surface area contributed by atoms with Gasteiger partial charge in [0.15, 0.2) is 5.11 Å². The number of hydrogen-bond donors (Lipinski definition) is 2. The highest BCUT2D eigenvalue weighted by molar-refractivity contribution is 7.80. The van der Waals surface area contributed by atoms with Crippen LogP contribution in [0, 0.1) is 11.7 Å². The van der Waals surface area contributed by atoms with Gasteiger partial charge in [-0.15, -0.1) is 0 Å². The van der Waals surface area contributed by atoms with E-state index in [0.29, 0.717) is 24.7 Å². The monoisotopic (exact) mass is 385 g/mol. The Morgan fingerprint density at radius 2 is 1.81 bits per heavy atom. The van der Waals surface area contributed by atoms with Gasteiger partial charge in [0.2, 0.25) is 5.91 Å². The third-order valence-electron chi connectivity index (χ3n) is 4.88. The average Bonchev–Trinajstić information content (AvgIpc) is 3.14. The van der Waals surface area contributed by atoms with E-state index in [2.05, 4.69) is 27.7 Å². The minimum absolute atomic E-state index is 0.00465. The Morgan fingerprint density at radius 3 is 2.48 bits per heavy atom. The number of hydrogen-bond acceptors (Lipinski definition) is 2. The number of nitrogens with zero attached hydrogens (tertiary/aromatic N) is 1. The second kappa shape index (κ2) is 8.95. The molecule has 3 rings (SSSR count). The minimum atomic E-state index is -0.280. The van der Waals surface area contributed by atoms with Crippen molar-refractivity contribution < 1.29 is 9.18 Å². The number of benzene rings is 2. The van der Waals surface area contributed by atoms with Gasteiger partial charge < -0.3 is 15.5 Å². The average molecular weight is 386 g/mol. The van der Waals surface area contributed by atoms with Crippen LogP contribution in [0.5, 0.6) is 0 Å². The third-order valence-corrected chi connectivity index (χ3v) is 5.28. The molecule has 1 amide bonds. The molecule has 0 aromatic heterocycles. The number of carbonyl (C=O) groups excluding carboxylic acids is 1. The van der Waals surface area contributed by atoms with E-state index >= 15 is 0 Å². The van der Waals surface area contributed by atoms with E-state index in [1.54, 1.807) is 12.1 Å². The number of nitrogens with one attached hydrogen (secondary N) is 2. The van der Waals surface area contributed by atoms with Crippen LogP contribution in [0.3, 0.4) is 0 Å². The van der Waals surface area contributed by atoms with Gasteiger partial charge in [-0.25, -0.2) is 4.39 Å². The Kier molecular flexibility index (Phi) is 6.40. The molecule has 4 nitrogen and oxygen atoms in total. The van der Waals surface area contributed by atoms with Gasteiger partial charge in [0.05, 0.1) is 5.92 Å².